The van der Waals surface area contributed by atoms with Crippen LogP contribution in [0.15, 0.2) is 0 Å². The molecule has 0 N–H and O–H groups in total. The summed E-state index contributed by atoms with van der Waals surface area (Å²) in [4.78, 5) is 27.3. The van der Waals surface area contributed by atoms with Gasteiger partial charge in [-0.05, 0) is 13.5 Å². The molecular weight excluding hydrogens is 248 g/mol. The van der Waals surface area contributed by atoms with Gasteiger partial charge in [-0.15, -0.1) is 0 Å². The van der Waals surface area contributed by atoms with E-state index in [1.165, 1.54) is 7.11 Å². The van der Waals surface area contributed by atoms with Crippen molar-refractivity contribution in [1.82, 2.24) is 9.80 Å². The Bertz CT molecular complexity index is 303. The maximum Gasteiger partial charge on any atom is 0.306 e. The van der Waals surface area contributed by atoms with Crippen LogP contribution >= 0.6 is 0 Å². The molecule has 1 saturated heterocycles. The van der Waals surface area contributed by atoms with E-state index in [9.17, 15) is 9.59 Å². The van der Waals surface area contributed by atoms with Gasteiger partial charge in [-0.1, -0.05) is 6.92 Å². The highest BCUT2D eigenvalue weighted by Crippen LogP contribution is 2.07. The van der Waals surface area contributed by atoms with Crippen molar-refractivity contribution >= 4 is 11.9 Å². The number of rotatable bonds is 6. The Morgan fingerprint density at radius 2 is 2.00 bits per heavy atom. The number of nitrogens with zero attached hydrogens (tertiary/aromatic N) is 2. The molecule has 19 heavy (non-hydrogen) atoms. The summed E-state index contributed by atoms with van der Waals surface area (Å²) in [5.41, 5.74) is 0. The van der Waals surface area contributed by atoms with E-state index in [1.54, 1.807) is 0 Å². The smallest absolute Gasteiger partial charge is 0.306 e. The molecule has 0 aromatic rings. The third kappa shape index (κ3) is 4.80. The molecule has 1 heterocycles. The van der Waals surface area contributed by atoms with Crippen molar-refractivity contribution in [3.63, 3.8) is 0 Å². The number of ether oxygens (including phenoxy) is 2. The topological polar surface area (TPSA) is 59.1 Å². The average molecular weight is 272 g/mol. The van der Waals surface area contributed by atoms with Crippen LogP contribution in [0.3, 0.4) is 0 Å². The van der Waals surface area contributed by atoms with Crippen LogP contribution in [0.1, 0.15) is 20.3 Å². The Labute approximate surface area is 114 Å². The molecule has 0 spiro atoms. The van der Waals surface area contributed by atoms with Crippen LogP contribution in [0.5, 0.6) is 0 Å². The van der Waals surface area contributed by atoms with Crippen LogP contribution in [0.25, 0.3) is 0 Å². The molecule has 0 aromatic carbocycles. The highest BCUT2D eigenvalue weighted by atomic mass is 16.5. The molecule has 1 aliphatic rings. The highest BCUT2D eigenvalue weighted by molar-refractivity contribution is 5.81. The van der Waals surface area contributed by atoms with Crippen LogP contribution in [-0.2, 0) is 19.1 Å². The van der Waals surface area contributed by atoms with Gasteiger partial charge >= 0.3 is 5.97 Å². The van der Waals surface area contributed by atoms with Gasteiger partial charge in [-0.2, -0.15) is 0 Å². The van der Waals surface area contributed by atoms with Crippen molar-refractivity contribution < 1.29 is 19.1 Å². The number of hydrogen-bond donors (Lipinski definition) is 0. The minimum Gasteiger partial charge on any atom is -0.469 e. The second kappa shape index (κ2) is 8.12. The Morgan fingerprint density at radius 3 is 2.53 bits per heavy atom. The number of methoxy groups -OCH3 is 1. The summed E-state index contributed by atoms with van der Waals surface area (Å²) in [6.07, 6.45) is 0.311. The van der Waals surface area contributed by atoms with Crippen molar-refractivity contribution in [3.8, 4) is 0 Å². The molecule has 0 aromatic heterocycles. The first kappa shape index (κ1) is 15.9. The number of likely N-dealkylation sites (N-methyl/N-ethyl adjacent to an activating group) is 1. The summed E-state index contributed by atoms with van der Waals surface area (Å²) in [6.45, 7) is 7.66. The second-order valence-electron chi connectivity index (χ2n) is 4.57. The zero-order valence-electron chi connectivity index (χ0n) is 12.1. The fourth-order valence-electron chi connectivity index (χ4n) is 2.17. The average Bonchev–Trinajstić information content (AvgIpc) is 2.47. The van der Waals surface area contributed by atoms with E-state index < -0.39 is 0 Å². The van der Waals surface area contributed by atoms with Gasteiger partial charge in [0.15, 0.2) is 0 Å². The van der Waals surface area contributed by atoms with Gasteiger partial charge < -0.3 is 14.4 Å². The molecule has 1 rings (SSSR count). The molecule has 0 saturated carbocycles. The van der Waals surface area contributed by atoms with Crippen molar-refractivity contribution in [2.45, 2.75) is 26.3 Å². The molecule has 1 unspecified atom stereocenters. The van der Waals surface area contributed by atoms with E-state index in [2.05, 4.69) is 4.74 Å². The molecular formula is C13H24N2O4. The molecule has 1 atom stereocenters. The lowest BCUT2D eigenvalue weighted by Crippen LogP contribution is -2.51. The monoisotopic (exact) mass is 272 g/mol. The maximum atomic E-state index is 12.3. The number of hydrogen-bond acceptors (Lipinski definition) is 5. The summed E-state index contributed by atoms with van der Waals surface area (Å²) in [5, 5.41) is 0. The van der Waals surface area contributed by atoms with E-state index in [4.69, 9.17) is 4.74 Å². The molecule has 1 fully saturated rings. The third-order valence-electron chi connectivity index (χ3n) is 3.46. The molecule has 6 nitrogen and oxygen atoms in total. The van der Waals surface area contributed by atoms with E-state index >= 15 is 0 Å². The first-order valence-corrected chi connectivity index (χ1v) is 6.77. The van der Waals surface area contributed by atoms with E-state index in [-0.39, 0.29) is 17.9 Å². The first-order valence-electron chi connectivity index (χ1n) is 6.77. The quantitative estimate of drug-likeness (QED) is 0.643. The molecule has 0 aliphatic carbocycles. The Hall–Kier alpha value is -1.14. The number of amides is 1. The predicted molar refractivity (Wildman–Crippen MR) is 70.7 cm³/mol. The Kier molecular flexibility index (Phi) is 6.80. The lowest BCUT2D eigenvalue weighted by atomic mass is 10.2. The summed E-state index contributed by atoms with van der Waals surface area (Å²) >= 11 is 0. The minimum atomic E-state index is -0.246. The number of carbonyl (C=O) groups excluding carboxylic acids is 2. The number of morpholine rings is 1. The number of carbonyl (C=O) groups is 2. The van der Waals surface area contributed by atoms with Crippen molar-refractivity contribution in [2.24, 2.45) is 0 Å². The largest absolute Gasteiger partial charge is 0.469 e. The fraction of sp³-hybridized carbons (Fsp3) is 0.846. The van der Waals surface area contributed by atoms with Crippen LogP contribution < -0.4 is 0 Å². The zero-order valence-corrected chi connectivity index (χ0v) is 12.1. The van der Waals surface area contributed by atoms with Crippen LogP contribution in [0, 0.1) is 0 Å². The van der Waals surface area contributed by atoms with E-state index in [0.717, 1.165) is 6.54 Å². The Morgan fingerprint density at radius 1 is 1.37 bits per heavy atom. The van der Waals surface area contributed by atoms with Crippen molar-refractivity contribution in [3.05, 3.63) is 0 Å². The second-order valence-corrected chi connectivity index (χ2v) is 4.57. The molecule has 1 aliphatic heterocycles. The fourth-order valence-corrected chi connectivity index (χ4v) is 2.17. The van der Waals surface area contributed by atoms with E-state index in [1.807, 2.05) is 23.6 Å². The van der Waals surface area contributed by atoms with Gasteiger partial charge in [0, 0.05) is 19.6 Å². The summed E-state index contributed by atoms with van der Waals surface area (Å²) < 4.78 is 9.87. The van der Waals surface area contributed by atoms with Gasteiger partial charge in [0.1, 0.15) is 0 Å². The van der Waals surface area contributed by atoms with Crippen molar-refractivity contribution in [1.29, 1.82) is 0 Å². The van der Waals surface area contributed by atoms with Gasteiger partial charge in [-0.3, -0.25) is 14.5 Å². The minimum absolute atomic E-state index is 0.106. The van der Waals surface area contributed by atoms with Gasteiger partial charge in [-0.25, -0.2) is 0 Å². The maximum absolute atomic E-state index is 12.3. The predicted octanol–water partition coefficient (Wildman–Crippen LogP) is 0.119. The van der Waals surface area contributed by atoms with Crippen LogP contribution in [-0.4, -0.2) is 74.2 Å². The SMILES string of the molecule is CCN(CCC(=O)OC)C(C)C(=O)N1CCOCC1. The molecule has 110 valence electrons. The van der Waals surface area contributed by atoms with Crippen LogP contribution in [0.4, 0.5) is 0 Å². The molecule has 0 bridgehead atoms. The zero-order chi connectivity index (χ0) is 14.3. The summed E-state index contributed by atoms with van der Waals surface area (Å²) in [6, 6.07) is -0.215. The molecule has 6 heteroatoms. The molecule has 0 radical (unpaired) electrons. The normalized spacial score (nSPS) is 17.4. The third-order valence-corrected chi connectivity index (χ3v) is 3.46. The lowest BCUT2D eigenvalue weighted by Gasteiger charge is -2.33. The number of esters is 1. The lowest BCUT2D eigenvalue weighted by molar-refractivity contribution is -0.144. The van der Waals surface area contributed by atoms with Crippen molar-refractivity contribution in [2.75, 3.05) is 46.5 Å². The standard InChI is InChI=1S/C13H24N2O4/c1-4-14(6-5-12(16)18-3)11(2)13(17)15-7-9-19-10-8-15/h11H,4-10H2,1-3H3. The Balaban J connectivity index is 2.48. The van der Waals surface area contributed by atoms with Crippen LogP contribution in [0.2, 0.25) is 0 Å². The molecule has 1 amide bonds. The van der Waals surface area contributed by atoms with Gasteiger partial charge in [0.2, 0.25) is 5.91 Å². The summed E-state index contributed by atoms with van der Waals surface area (Å²) in [5.74, 6) is -0.139. The highest BCUT2D eigenvalue weighted by Gasteiger charge is 2.26. The van der Waals surface area contributed by atoms with E-state index in [0.29, 0.717) is 39.3 Å². The first-order chi connectivity index (χ1) is 9.10. The van der Waals surface area contributed by atoms with Gasteiger partial charge in [0.05, 0.1) is 32.8 Å². The van der Waals surface area contributed by atoms with Gasteiger partial charge in [0.25, 0.3) is 0 Å². The summed E-state index contributed by atoms with van der Waals surface area (Å²) in [7, 11) is 1.38.